The molecule has 0 aliphatic heterocycles. The highest BCUT2D eigenvalue weighted by Crippen LogP contribution is 2.25. The SMILES string of the molecule is Cc1ccc(C)c(OC(=O)/C=C/c2ccco2)c1C. The van der Waals surface area contributed by atoms with Gasteiger partial charge in [0.15, 0.2) is 0 Å². The Hall–Kier alpha value is -2.29. The first-order valence-electron chi connectivity index (χ1n) is 6.08. The Morgan fingerprint density at radius 3 is 2.58 bits per heavy atom. The summed E-state index contributed by atoms with van der Waals surface area (Å²) in [7, 11) is 0. The van der Waals surface area contributed by atoms with Crippen LogP contribution < -0.4 is 4.74 Å². The summed E-state index contributed by atoms with van der Waals surface area (Å²) < 4.78 is 10.5. The van der Waals surface area contributed by atoms with Gasteiger partial charge in [-0.2, -0.15) is 0 Å². The predicted octanol–water partition coefficient (Wildman–Crippen LogP) is 3.82. The quantitative estimate of drug-likeness (QED) is 0.476. The second-order valence-electron chi connectivity index (χ2n) is 4.42. The Morgan fingerprint density at radius 2 is 1.89 bits per heavy atom. The Bertz CT molecular complexity index is 607. The molecule has 0 bridgehead atoms. The summed E-state index contributed by atoms with van der Waals surface area (Å²) >= 11 is 0. The maximum atomic E-state index is 11.8. The molecule has 98 valence electrons. The number of benzene rings is 1. The summed E-state index contributed by atoms with van der Waals surface area (Å²) in [6.07, 6.45) is 4.50. The molecule has 3 nitrogen and oxygen atoms in total. The number of carbonyl (C=O) groups is 1. The van der Waals surface area contributed by atoms with E-state index in [1.54, 1.807) is 24.5 Å². The van der Waals surface area contributed by atoms with Crippen LogP contribution in [0.1, 0.15) is 22.5 Å². The second-order valence-corrected chi connectivity index (χ2v) is 4.42. The Morgan fingerprint density at radius 1 is 1.16 bits per heavy atom. The lowest BCUT2D eigenvalue weighted by Crippen LogP contribution is -2.06. The van der Waals surface area contributed by atoms with Crippen LogP contribution in [0.3, 0.4) is 0 Å². The van der Waals surface area contributed by atoms with Crippen LogP contribution in [-0.4, -0.2) is 5.97 Å². The van der Waals surface area contributed by atoms with E-state index in [1.165, 1.54) is 6.08 Å². The molecule has 0 spiro atoms. The van der Waals surface area contributed by atoms with Crippen LogP contribution in [0.5, 0.6) is 5.75 Å². The minimum atomic E-state index is -0.409. The third-order valence-electron chi connectivity index (χ3n) is 3.00. The van der Waals surface area contributed by atoms with Gasteiger partial charge < -0.3 is 9.15 Å². The van der Waals surface area contributed by atoms with Gasteiger partial charge in [0.2, 0.25) is 0 Å². The highest BCUT2D eigenvalue weighted by atomic mass is 16.5. The van der Waals surface area contributed by atoms with Crippen molar-refractivity contribution < 1.29 is 13.9 Å². The molecule has 3 heteroatoms. The molecular formula is C16H16O3. The van der Waals surface area contributed by atoms with Gasteiger partial charge in [-0.1, -0.05) is 12.1 Å². The zero-order chi connectivity index (χ0) is 13.8. The smallest absolute Gasteiger partial charge is 0.336 e. The van der Waals surface area contributed by atoms with E-state index < -0.39 is 5.97 Å². The van der Waals surface area contributed by atoms with E-state index in [1.807, 2.05) is 32.9 Å². The predicted molar refractivity (Wildman–Crippen MR) is 74.0 cm³/mol. The van der Waals surface area contributed by atoms with E-state index in [2.05, 4.69) is 0 Å². The molecule has 0 amide bonds. The molecule has 0 saturated heterocycles. The largest absolute Gasteiger partial charge is 0.465 e. The van der Waals surface area contributed by atoms with Gasteiger partial charge >= 0.3 is 5.97 Å². The minimum Gasteiger partial charge on any atom is -0.465 e. The van der Waals surface area contributed by atoms with Crippen LogP contribution in [0.2, 0.25) is 0 Å². The van der Waals surface area contributed by atoms with Crippen LogP contribution in [0, 0.1) is 20.8 Å². The zero-order valence-electron chi connectivity index (χ0n) is 11.3. The highest BCUT2D eigenvalue weighted by molar-refractivity contribution is 5.88. The zero-order valence-corrected chi connectivity index (χ0v) is 11.3. The Kier molecular flexibility index (Phi) is 3.85. The topological polar surface area (TPSA) is 39.4 Å². The van der Waals surface area contributed by atoms with Crippen molar-refractivity contribution in [1.82, 2.24) is 0 Å². The number of hydrogen-bond donors (Lipinski definition) is 0. The first kappa shape index (κ1) is 13.1. The molecule has 2 rings (SSSR count). The first-order valence-corrected chi connectivity index (χ1v) is 6.08. The lowest BCUT2D eigenvalue weighted by molar-refractivity contribution is -0.129. The minimum absolute atomic E-state index is 0.409. The number of hydrogen-bond acceptors (Lipinski definition) is 3. The van der Waals surface area contributed by atoms with Crippen molar-refractivity contribution in [3.63, 3.8) is 0 Å². The van der Waals surface area contributed by atoms with Gasteiger partial charge in [-0.25, -0.2) is 4.79 Å². The van der Waals surface area contributed by atoms with Crippen molar-refractivity contribution in [2.45, 2.75) is 20.8 Å². The van der Waals surface area contributed by atoms with Crippen molar-refractivity contribution in [1.29, 1.82) is 0 Å². The molecule has 0 atom stereocenters. The van der Waals surface area contributed by atoms with Gasteiger partial charge in [0.1, 0.15) is 11.5 Å². The standard InChI is InChI=1S/C16H16O3/c1-11-6-7-12(2)16(13(11)3)19-15(17)9-8-14-5-4-10-18-14/h4-10H,1-3H3/b9-8+. The van der Waals surface area contributed by atoms with E-state index in [9.17, 15) is 4.79 Å². The summed E-state index contributed by atoms with van der Waals surface area (Å²) in [5.41, 5.74) is 3.03. The van der Waals surface area contributed by atoms with Gasteiger partial charge in [-0.05, 0) is 55.7 Å². The van der Waals surface area contributed by atoms with Crippen molar-refractivity contribution in [2.24, 2.45) is 0 Å². The fourth-order valence-electron chi connectivity index (χ4n) is 1.75. The highest BCUT2D eigenvalue weighted by Gasteiger charge is 2.09. The number of carbonyl (C=O) groups excluding carboxylic acids is 1. The second kappa shape index (κ2) is 5.57. The van der Waals surface area contributed by atoms with E-state index in [0.717, 1.165) is 16.7 Å². The molecule has 1 heterocycles. The monoisotopic (exact) mass is 256 g/mol. The molecule has 1 aromatic carbocycles. The molecule has 0 fully saturated rings. The van der Waals surface area contributed by atoms with Gasteiger partial charge in [0.05, 0.1) is 6.26 Å². The lowest BCUT2D eigenvalue weighted by Gasteiger charge is -2.11. The molecule has 0 aliphatic rings. The molecule has 0 aliphatic carbocycles. The van der Waals surface area contributed by atoms with Crippen molar-refractivity contribution >= 4 is 12.0 Å². The number of esters is 1. The number of ether oxygens (including phenoxy) is 1. The van der Waals surface area contributed by atoms with Gasteiger partial charge in [-0.3, -0.25) is 0 Å². The number of aryl methyl sites for hydroxylation is 2. The summed E-state index contributed by atoms with van der Waals surface area (Å²) in [6.45, 7) is 5.86. The fraction of sp³-hybridized carbons (Fsp3) is 0.188. The summed E-state index contributed by atoms with van der Waals surface area (Å²) in [5.74, 6) is 0.844. The van der Waals surface area contributed by atoms with Crippen molar-refractivity contribution in [3.05, 3.63) is 59.1 Å². The maximum absolute atomic E-state index is 11.8. The Labute approximate surface area is 112 Å². The summed E-state index contributed by atoms with van der Waals surface area (Å²) in [4.78, 5) is 11.8. The lowest BCUT2D eigenvalue weighted by atomic mass is 10.1. The normalized spacial score (nSPS) is 10.9. The van der Waals surface area contributed by atoms with Crippen LogP contribution in [-0.2, 0) is 4.79 Å². The van der Waals surface area contributed by atoms with E-state index in [0.29, 0.717) is 11.5 Å². The molecule has 0 saturated carbocycles. The van der Waals surface area contributed by atoms with Crippen molar-refractivity contribution in [3.8, 4) is 5.75 Å². The van der Waals surface area contributed by atoms with Gasteiger partial charge in [0, 0.05) is 6.08 Å². The Balaban J connectivity index is 2.13. The van der Waals surface area contributed by atoms with Gasteiger partial charge in [-0.15, -0.1) is 0 Å². The first-order chi connectivity index (χ1) is 9.08. The van der Waals surface area contributed by atoms with Crippen LogP contribution in [0.4, 0.5) is 0 Å². The maximum Gasteiger partial charge on any atom is 0.336 e. The third kappa shape index (κ3) is 3.13. The number of rotatable bonds is 3. The van der Waals surface area contributed by atoms with E-state index in [4.69, 9.17) is 9.15 Å². The fourth-order valence-corrected chi connectivity index (χ4v) is 1.75. The molecule has 0 radical (unpaired) electrons. The van der Waals surface area contributed by atoms with Gasteiger partial charge in [0.25, 0.3) is 0 Å². The third-order valence-corrected chi connectivity index (χ3v) is 3.00. The average molecular weight is 256 g/mol. The molecule has 0 N–H and O–H groups in total. The van der Waals surface area contributed by atoms with Crippen LogP contribution in [0.25, 0.3) is 6.08 Å². The molecule has 19 heavy (non-hydrogen) atoms. The van der Waals surface area contributed by atoms with E-state index in [-0.39, 0.29) is 0 Å². The molecular weight excluding hydrogens is 240 g/mol. The summed E-state index contributed by atoms with van der Waals surface area (Å²) in [5, 5.41) is 0. The molecule has 1 aromatic heterocycles. The van der Waals surface area contributed by atoms with Crippen LogP contribution >= 0.6 is 0 Å². The van der Waals surface area contributed by atoms with E-state index >= 15 is 0 Å². The average Bonchev–Trinajstić information content (AvgIpc) is 2.90. The number of furan rings is 1. The summed E-state index contributed by atoms with van der Waals surface area (Å²) in [6, 6.07) is 7.49. The van der Waals surface area contributed by atoms with Crippen molar-refractivity contribution in [2.75, 3.05) is 0 Å². The molecule has 0 unspecified atom stereocenters. The molecule has 2 aromatic rings. The van der Waals surface area contributed by atoms with Crippen LogP contribution in [0.15, 0.2) is 41.0 Å².